The van der Waals surface area contributed by atoms with Gasteiger partial charge in [-0.25, -0.2) is 0 Å². The first-order chi connectivity index (χ1) is 10.2. The number of anilines is 1. The van der Waals surface area contributed by atoms with Crippen molar-refractivity contribution < 1.29 is 14.6 Å². The Balaban J connectivity index is 1.94. The quantitative estimate of drug-likeness (QED) is 0.858. The number of aliphatic hydroxyl groups is 1. The number of amides is 1. The van der Waals surface area contributed by atoms with Crippen molar-refractivity contribution in [3.63, 3.8) is 0 Å². The van der Waals surface area contributed by atoms with Crippen molar-refractivity contribution in [2.45, 2.75) is 19.1 Å². The van der Waals surface area contributed by atoms with Crippen LogP contribution in [0.4, 0.5) is 5.69 Å². The van der Waals surface area contributed by atoms with Gasteiger partial charge in [-0.05, 0) is 23.3 Å². The predicted octanol–water partition coefficient (Wildman–Crippen LogP) is 2.90. The summed E-state index contributed by atoms with van der Waals surface area (Å²) in [5.41, 5.74) is 2.43. The van der Waals surface area contributed by atoms with E-state index in [4.69, 9.17) is 4.74 Å². The van der Waals surface area contributed by atoms with Crippen LogP contribution < -0.4 is 5.32 Å². The molecule has 0 saturated carbocycles. The molecule has 1 amide bonds. The SMILES string of the molecule is COCc1cccc(NC(=O)CC(O)c2ccccc2)c1. The number of rotatable bonds is 6. The Morgan fingerprint density at radius 1 is 1.19 bits per heavy atom. The lowest BCUT2D eigenvalue weighted by Gasteiger charge is -2.11. The molecule has 0 heterocycles. The Bertz CT molecular complexity index is 584. The summed E-state index contributed by atoms with van der Waals surface area (Å²) in [4.78, 5) is 12.0. The lowest BCUT2D eigenvalue weighted by molar-refractivity contribution is -0.118. The molecule has 2 rings (SSSR count). The Morgan fingerprint density at radius 2 is 1.95 bits per heavy atom. The largest absolute Gasteiger partial charge is 0.388 e. The molecule has 21 heavy (non-hydrogen) atoms. The Labute approximate surface area is 124 Å². The molecule has 1 atom stereocenters. The molecule has 0 bridgehead atoms. The van der Waals surface area contributed by atoms with E-state index in [0.29, 0.717) is 12.3 Å². The molecule has 2 aromatic carbocycles. The topological polar surface area (TPSA) is 58.6 Å². The van der Waals surface area contributed by atoms with E-state index in [1.165, 1.54) is 0 Å². The Hall–Kier alpha value is -2.17. The van der Waals surface area contributed by atoms with Crippen LogP contribution in [0, 0.1) is 0 Å². The van der Waals surface area contributed by atoms with E-state index in [9.17, 15) is 9.90 Å². The highest BCUT2D eigenvalue weighted by molar-refractivity contribution is 5.91. The Morgan fingerprint density at radius 3 is 2.67 bits per heavy atom. The van der Waals surface area contributed by atoms with Crippen LogP contribution >= 0.6 is 0 Å². The molecule has 110 valence electrons. The highest BCUT2D eigenvalue weighted by Crippen LogP contribution is 2.18. The third kappa shape index (κ3) is 4.70. The normalized spacial score (nSPS) is 11.9. The van der Waals surface area contributed by atoms with Crippen molar-refractivity contribution in [2.24, 2.45) is 0 Å². The van der Waals surface area contributed by atoms with Crippen molar-refractivity contribution in [2.75, 3.05) is 12.4 Å². The molecule has 1 unspecified atom stereocenters. The summed E-state index contributed by atoms with van der Waals surface area (Å²) in [5.74, 6) is -0.221. The smallest absolute Gasteiger partial charge is 0.227 e. The fourth-order valence-electron chi connectivity index (χ4n) is 2.09. The van der Waals surface area contributed by atoms with Gasteiger partial charge in [0.2, 0.25) is 5.91 Å². The van der Waals surface area contributed by atoms with E-state index >= 15 is 0 Å². The average Bonchev–Trinajstić information content (AvgIpc) is 2.48. The van der Waals surface area contributed by atoms with Crippen LogP contribution in [0.5, 0.6) is 0 Å². The van der Waals surface area contributed by atoms with Crippen LogP contribution in [0.15, 0.2) is 54.6 Å². The summed E-state index contributed by atoms with van der Waals surface area (Å²) in [6.45, 7) is 0.496. The Kier molecular flexibility index (Phi) is 5.49. The maximum Gasteiger partial charge on any atom is 0.227 e. The van der Waals surface area contributed by atoms with Gasteiger partial charge in [-0.15, -0.1) is 0 Å². The number of hydrogen-bond acceptors (Lipinski definition) is 3. The first-order valence-corrected chi connectivity index (χ1v) is 6.80. The minimum atomic E-state index is -0.798. The number of hydrogen-bond donors (Lipinski definition) is 2. The molecule has 0 spiro atoms. The molecule has 0 aliphatic heterocycles. The van der Waals surface area contributed by atoms with Gasteiger partial charge in [0.25, 0.3) is 0 Å². The molecule has 0 aromatic heterocycles. The van der Waals surface area contributed by atoms with Gasteiger partial charge in [-0.3, -0.25) is 4.79 Å². The van der Waals surface area contributed by atoms with Gasteiger partial charge in [0, 0.05) is 12.8 Å². The van der Waals surface area contributed by atoms with Gasteiger partial charge < -0.3 is 15.2 Å². The number of carbonyl (C=O) groups is 1. The van der Waals surface area contributed by atoms with Gasteiger partial charge >= 0.3 is 0 Å². The third-order valence-electron chi connectivity index (χ3n) is 3.08. The lowest BCUT2D eigenvalue weighted by Crippen LogP contribution is -2.15. The van der Waals surface area contributed by atoms with Crippen LogP contribution in [0.1, 0.15) is 23.7 Å². The van der Waals surface area contributed by atoms with Gasteiger partial charge in [-0.1, -0.05) is 42.5 Å². The van der Waals surface area contributed by atoms with E-state index < -0.39 is 6.10 Å². The number of ether oxygens (including phenoxy) is 1. The van der Waals surface area contributed by atoms with Crippen molar-refractivity contribution >= 4 is 11.6 Å². The molecule has 4 nitrogen and oxygen atoms in total. The third-order valence-corrected chi connectivity index (χ3v) is 3.08. The van der Waals surface area contributed by atoms with E-state index in [0.717, 1.165) is 11.1 Å². The fourth-order valence-corrected chi connectivity index (χ4v) is 2.09. The minimum Gasteiger partial charge on any atom is -0.388 e. The van der Waals surface area contributed by atoms with Crippen LogP contribution in [-0.4, -0.2) is 18.1 Å². The molecule has 0 fully saturated rings. The molecular weight excluding hydrogens is 266 g/mol. The molecule has 2 N–H and O–H groups in total. The fraction of sp³-hybridized carbons (Fsp3) is 0.235. The van der Waals surface area contributed by atoms with Crippen molar-refractivity contribution in [1.82, 2.24) is 0 Å². The highest BCUT2D eigenvalue weighted by atomic mass is 16.5. The number of methoxy groups -OCH3 is 1. The zero-order valence-corrected chi connectivity index (χ0v) is 12.0. The van der Waals surface area contributed by atoms with Gasteiger partial charge in [0.1, 0.15) is 0 Å². The van der Waals surface area contributed by atoms with E-state index in [1.807, 2.05) is 42.5 Å². The summed E-state index contributed by atoms with van der Waals surface area (Å²) >= 11 is 0. The average molecular weight is 285 g/mol. The zero-order valence-electron chi connectivity index (χ0n) is 12.0. The second-order valence-corrected chi connectivity index (χ2v) is 4.81. The molecular formula is C17H19NO3. The van der Waals surface area contributed by atoms with Crippen molar-refractivity contribution in [3.05, 3.63) is 65.7 Å². The number of aliphatic hydroxyl groups excluding tert-OH is 1. The minimum absolute atomic E-state index is 0.0263. The molecule has 0 saturated heterocycles. The number of carbonyl (C=O) groups excluding carboxylic acids is 1. The van der Waals surface area contributed by atoms with E-state index in [1.54, 1.807) is 19.2 Å². The van der Waals surface area contributed by atoms with E-state index in [-0.39, 0.29) is 12.3 Å². The standard InChI is InChI=1S/C17H19NO3/c1-21-12-13-6-5-9-15(10-13)18-17(20)11-16(19)14-7-3-2-4-8-14/h2-10,16,19H,11-12H2,1H3,(H,18,20). The summed E-state index contributed by atoms with van der Waals surface area (Å²) < 4.78 is 5.06. The maximum atomic E-state index is 12.0. The van der Waals surface area contributed by atoms with Crippen molar-refractivity contribution in [3.8, 4) is 0 Å². The van der Waals surface area contributed by atoms with E-state index in [2.05, 4.69) is 5.32 Å². The number of benzene rings is 2. The predicted molar refractivity (Wildman–Crippen MR) is 81.8 cm³/mol. The molecule has 2 aromatic rings. The maximum absolute atomic E-state index is 12.0. The lowest BCUT2D eigenvalue weighted by atomic mass is 10.1. The van der Waals surface area contributed by atoms with Crippen LogP contribution in [0.2, 0.25) is 0 Å². The first kappa shape index (κ1) is 15.2. The number of nitrogens with one attached hydrogen (secondary N) is 1. The summed E-state index contributed by atoms with van der Waals surface area (Å²) in [7, 11) is 1.63. The summed E-state index contributed by atoms with van der Waals surface area (Å²) in [5, 5.41) is 12.8. The van der Waals surface area contributed by atoms with Crippen molar-refractivity contribution in [1.29, 1.82) is 0 Å². The first-order valence-electron chi connectivity index (χ1n) is 6.80. The highest BCUT2D eigenvalue weighted by Gasteiger charge is 2.12. The van der Waals surface area contributed by atoms with Crippen LogP contribution in [0.25, 0.3) is 0 Å². The molecule has 0 aliphatic carbocycles. The second-order valence-electron chi connectivity index (χ2n) is 4.81. The monoisotopic (exact) mass is 285 g/mol. The second kappa shape index (κ2) is 7.57. The molecule has 4 heteroatoms. The summed E-state index contributed by atoms with van der Waals surface area (Å²) in [6.07, 6.45) is -0.772. The van der Waals surface area contributed by atoms with Gasteiger partial charge in [0.15, 0.2) is 0 Å². The summed E-state index contributed by atoms with van der Waals surface area (Å²) in [6, 6.07) is 16.6. The van der Waals surface area contributed by atoms with Crippen LogP contribution in [0.3, 0.4) is 0 Å². The molecule has 0 radical (unpaired) electrons. The zero-order chi connectivity index (χ0) is 15.1. The van der Waals surface area contributed by atoms with Crippen LogP contribution in [-0.2, 0) is 16.1 Å². The van der Waals surface area contributed by atoms with Gasteiger partial charge in [0.05, 0.1) is 19.1 Å². The van der Waals surface area contributed by atoms with Gasteiger partial charge in [-0.2, -0.15) is 0 Å². The molecule has 0 aliphatic rings.